The van der Waals surface area contributed by atoms with E-state index in [2.05, 4.69) is 0 Å². The Morgan fingerprint density at radius 3 is 2.21 bits per heavy atom. The van der Waals surface area contributed by atoms with Crippen molar-refractivity contribution in [1.82, 2.24) is 0 Å². The van der Waals surface area contributed by atoms with Crippen LogP contribution in [-0.4, -0.2) is 5.91 Å². The third-order valence-electron chi connectivity index (χ3n) is 4.27. The number of hydrogen-bond acceptors (Lipinski definition) is 1. The highest BCUT2D eigenvalue weighted by molar-refractivity contribution is 6.37. The smallest absolute Gasteiger partial charge is 0.263 e. The van der Waals surface area contributed by atoms with Crippen LogP contribution in [0.2, 0.25) is 0 Å². The molecule has 2 nitrogen and oxygen atoms in total. The lowest BCUT2D eigenvalue weighted by molar-refractivity contribution is -0.112. The van der Waals surface area contributed by atoms with Gasteiger partial charge in [0.25, 0.3) is 5.91 Å². The van der Waals surface area contributed by atoms with E-state index in [0.29, 0.717) is 0 Å². The van der Waals surface area contributed by atoms with E-state index in [1.807, 2.05) is 91.9 Å². The van der Waals surface area contributed by atoms with E-state index in [1.165, 1.54) is 5.56 Å². The van der Waals surface area contributed by atoms with E-state index < -0.39 is 0 Å². The summed E-state index contributed by atoms with van der Waals surface area (Å²) < 4.78 is 0. The third-order valence-corrected chi connectivity index (χ3v) is 4.27. The second-order valence-electron chi connectivity index (χ2n) is 5.96. The highest BCUT2D eigenvalue weighted by Gasteiger charge is 2.32. The number of fused-ring (bicyclic) bond motifs is 1. The molecule has 0 aliphatic carbocycles. The SMILES string of the molecule is Cc1ccc(N2C(=O)C(=Cc3ccccc3)c3ccccc32)cc1. The fraction of sp³-hybridized carbons (Fsp3) is 0.0455. The van der Waals surface area contributed by atoms with Gasteiger partial charge in [-0.3, -0.25) is 9.69 Å². The molecule has 2 heteroatoms. The van der Waals surface area contributed by atoms with Gasteiger partial charge in [0.2, 0.25) is 0 Å². The summed E-state index contributed by atoms with van der Waals surface area (Å²) in [6.07, 6.45) is 1.97. The first kappa shape index (κ1) is 14.5. The average molecular weight is 311 g/mol. The molecule has 3 aromatic rings. The first-order valence-electron chi connectivity index (χ1n) is 8.01. The Morgan fingerprint density at radius 2 is 1.46 bits per heavy atom. The number of para-hydroxylation sites is 1. The number of hydrogen-bond donors (Lipinski definition) is 0. The van der Waals surface area contributed by atoms with Crippen LogP contribution in [0.5, 0.6) is 0 Å². The molecule has 0 spiro atoms. The van der Waals surface area contributed by atoms with Crippen molar-refractivity contribution in [1.29, 1.82) is 0 Å². The minimum atomic E-state index is 0.0175. The van der Waals surface area contributed by atoms with Crippen molar-refractivity contribution in [3.05, 3.63) is 95.6 Å². The quantitative estimate of drug-likeness (QED) is 0.595. The summed E-state index contributed by atoms with van der Waals surface area (Å²) in [4.78, 5) is 14.9. The predicted octanol–water partition coefficient (Wildman–Crippen LogP) is 5.21. The summed E-state index contributed by atoms with van der Waals surface area (Å²) in [6.45, 7) is 2.05. The zero-order valence-corrected chi connectivity index (χ0v) is 13.4. The second kappa shape index (κ2) is 5.82. The van der Waals surface area contributed by atoms with E-state index in [1.54, 1.807) is 4.90 Å². The molecule has 1 aliphatic rings. The average Bonchev–Trinajstić information content (AvgIpc) is 2.89. The Morgan fingerprint density at radius 1 is 0.792 bits per heavy atom. The largest absolute Gasteiger partial charge is 0.276 e. The number of rotatable bonds is 2. The van der Waals surface area contributed by atoms with E-state index in [0.717, 1.165) is 28.1 Å². The maximum atomic E-state index is 13.1. The van der Waals surface area contributed by atoms with Crippen molar-refractivity contribution in [2.45, 2.75) is 6.92 Å². The zero-order valence-electron chi connectivity index (χ0n) is 13.4. The van der Waals surface area contributed by atoms with Gasteiger partial charge in [-0.25, -0.2) is 0 Å². The van der Waals surface area contributed by atoms with Crippen molar-refractivity contribution in [3.63, 3.8) is 0 Å². The summed E-state index contributed by atoms with van der Waals surface area (Å²) >= 11 is 0. The molecule has 1 amide bonds. The van der Waals surface area contributed by atoms with Crippen LogP contribution in [0.25, 0.3) is 11.6 Å². The van der Waals surface area contributed by atoms with Crippen molar-refractivity contribution in [2.24, 2.45) is 0 Å². The summed E-state index contributed by atoms with van der Waals surface area (Å²) in [5, 5.41) is 0. The highest BCUT2D eigenvalue weighted by atomic mass is 16.2. The number of nitrogens with zero attached hydrogens (tertiary/aromatic N) is 1. The van der Waals surface area contributed by atoms with Crippen LogP contribution in [0.4, 0.5) is 11.4 Å². The Labute approximate surface area is 141 Å². The molecular formula is C22H17NO. The molecule has 0 radical (unpaired) electrons. The molecule has 24 heavy (non-hydrogen) atoms. The molecule has 4 rings (SSSR count). The molecule has 0 N–H and O–H groups in total. The Bertz CT molecular complexity index is 924. The maximum absolute atomic E-state index is 13.1. The number of benzene rings is 3. The van der Waals surface area contributed by atoms with Crippen LogP contribution in [0.15, 0.2) is 78.9 Å². The number of aryl methyl sites for hydroxylation is 1. The van der Waals surface area contributed by atoms with Gasteiger partial charge in [-0.05, 0) is 36.8 Å². The summed E-state index contributed by atoms with van der Waals surface area (Å²) in [7, 11) is 0. The summed E-state index contributed by atoms with van der Waals surface area (Å²) in [5.74, 6) is 0.0175. The van der Waals surface area contributed by atoms with Gasteiger partial charge >= 0.3 is 0 Å². The third kappa shape index (κ3) is 2.42. The molecule has 0 atom stereocenters. The van der Waals surface area contributed by atoms with Gasteiger partial charge in [-0.15, -0.1) is 0 Å². The predicted molar refractivity (Wildman–Crippen MR) is 99.1 cm³/mol. The van der Waals surface area contributed by atoms with Crippen LogP contribution < -0.4 is 4.90 Å². The van der Waals surface area contributed by atoms with Crippen LogP contribution in [0, 0.1) is 6.92 Å². The number of amides is 1. The Kier molecular flexibility index (Phi) is 3.51. The first-order chi connectivity index (χ1) is 11.7. The fourth-order valence-electron chi connectivity index (χ4n) is 3.05. The van der Waals surface area contributed by atoms with Crippen LogP contribution in [0.3, 0.4) is 0 Å². The molecule has 0 fully saturated rings. The van der Waals surface area contributed by atoms with E-state index in [9.17, 15) is 4.79 Å². The molecule has 0 bridgehead atoms. The highest BCUT2D eigenvalue weighted by Crippen LogP contribution is 2.42. The molecule has 1 heterocycles. The van der Waals surface area contributed by atoms with Crippen molar-refractivity contribution < 1.29 is 4.79 Å². The molecule has 0 saturated heterocycles. The maximum Gasteiger partial charge on any atom is 0.263 e. The Hall–Kier alpha value is -3.13. The lowest BCUT2D eigenvalue weighted by atomic mass is 10.0. The topological polar surface area (TPSA) is 20.3 Å². The van der Waals surface area contributed by atoms with Crippen molar-refractivity contribution >= 4 is 28.9 Å². The molecule has 1 aliphatic heterocycles. The molecular weight excluding hydrogens is 294 g/mol. The molecule has 116 valence electrons. The van der Waals surface area contributed by atoms with Crippen LogP contribution in [0.1, 0.15) is 16.7 Å². The second-order valence-corrected chi connectivity index (χ2v) is 5.96. The van der Waals surface area contributed by atoms with Gasteiger partial charge in [-0.1, -0.05) is 66.2 Å². The van der Waals surface area contributed by atoms with Crippen molar-refractivity contribution in [3.8, 4) is 0 Å². The lowest BCUT2D eigenvalue weighted by Gasteiger charge is -2.17. The molecule has 0 aromatic heterocycles. The molecule has 3 aromatic carbocycles. The van der Waals surface area contributed by atoms with Gasteiger partial charge in [0.15, 0.2) is 0 Å². The van der Waals surface area contributed by atoms with Crippen molar-refractivity contribution in [2.75, 3.05) is 4.90 Å². The van der Waals surface area contributed by atoms with Gasteiger partial charge < -0.3 is 0 Å². The minimum Gasteiger partial charge on any atom is -0.276 e. The van der Waals surface area contributed by atoms with Gasteiger partial charge in [0.1, 0.15) is 0 Å². The molecule has 0 unspecified atom stereocenters. The monoisotopic (exact) mass is 311 g/mol. The van der Waals surface area contributed by atoms with Gasteiger partial charge in [-0.2, -0.15) is 0 Å². The van der Waals surface area contributed by atoms with E-state index >= 15 is 0 Å². The standard InChI is InChI=1S/C22H17NO/c1-16-11-13-18(14-12-16)23-21-10-6-5-9-19(21)20(22(23)24)15-17-7-3-2-4-8-17/h2-15H,1H3. The number of carbonyl (C=O) groups excluding carboxylic acids is 1. The first-order valence-corrected chi connectivity index (χ1v) is 8.01. The minimum absolute atomic E-state index is 0.0175. The van der Waals surface area contributed by atoms with E-state index in [4.69, 9.17) is 0 Å². The van der Waals surface area contributed by atoms with Crippen LogP contribution >= 0.6 is 0 Å². The summed E-state index contributed by atoms with van der Waals surface area (Å²) in [5.41, 5.74) is 5.76. The van der Waals surface area contributed by atoms with Gasteiger partial charge in [0, 0.05) is 11.3 Å². The van der Waals surface area contributed by atoms with Crippen LogP contribution in [-0.2, 0) is 4.79 Å². The summed E-state index contributed by atoms with van der Waals surface area (Å²) in [6, 6.07) is 26.0. The zero-order chi connectivity index (χ0) is 16.5. The molecule has 0 saturated carbocycles. The normalized spacial score (nSPS) is 15.0. The van der Waals surface area contributed by atoms with Gasteiger partial charge in [0.05, 0.1) is 11.3 Å². The number of anilines is 2. The van der Waals surface area contributed by atoms with E-state index in [-0.39, 0.29) is 5.91 Å². The Balaban J connectivity index is 1.86. The lowest BCUT2D eigenvalue weighted by Crippen LogP contribution is -2.20. The fourth-order valence-corrected chi connectivity index (χ4v) is 3.05. The number of carbonyl (C=O) groups is 1.